The van der Waals surface area contributed by atoms with Gasteiger partial charge in [-0.3, -0.25) is 19.1 Å². The smallest absolute Gasteiger partial charge is 0.387 e. The van der Waals surface area contributed by atoms with Gasteiger partial charge in [0.05, 0.1) is 6.61 Å². The van der Waals surface area contributed by atoms with Crippen molar-refractivity contribution in [2.45, 2.75) is 24.5 Å². The SMILES string of the molecule is Cn1c(=N)ccn([C@@H]2O[C@H](COP3(=O)OP(=O)(O)OP(=O)(O)O3)C(O)C2O)c1=O. The Morgan fingerprint density at radius 3 is 2.31 bits per heavy atom. The first-order valence-electron chi connectivity index (χ1n) is 7.62. The predicted octanol–water partition coefficient (Wildman–Crippen LogP) is -1.33. The Kier molecular flexibility index (Phi) is 5.95. The van der Waals surface area contributed by atoms with E-state index in [1.54, 1.807) is 0 Å². The summed E-state index contributed by atoms with van der Waals surface area (Å²) in [5.74, 6) is 0. The number of hydrogen-bond acceptors (Lipinski definition) is 12. The lowest BCUT2D eigenvalue weighted by Crippen LogP contribution is -2.41. The van der Waals surface area contributed by atoms with Crippen molar-refractivity contribution in [3.05, 3.63) is 28.2 Å². The lowest BCUT2D eigenvalue weighted by atomic mass is 10.1. The van der Waals surface area contributed by atoms with Gasteiger partial charge < -0.3 is 24.7 Å². The third-order valence-electron chi connectivity index (χ3n) is 3.88. The largest absolute Gasteiger partial charge is 0.492 e. The van der Waals surface area contributed by atoms with Crippen LogP contribution >= 0.6 is 23.5 Å². The summed E-state index contributed by atoms with van der Waals surface area (Å²) < 4.78 is 58.6. The first-order chi connectivity index (χ1) is 13.2. The number of aliphatic hydroxyl groups is 2. The molecule has 0 aliphatic carbocycles. The second-order valence-corrected chi connectivity index (χ2v) is 10.9. The third-order valence-corrected chi connectivity index (χ3v) is 9.25. The number of hydrogen-bond donors (Lipinski definition) is 5. The molecule has 6 atom stereocenters. The molecular formula is C10H16N3O13P3. The van der Waals surface area contributed by atoms with Gasteiger partial charge in [-0.25, -0.2) is 18.5 Å². The molecule has 5 N–H and O–H groups in total. The molecule has 0 aromatic carbocycles. The standard InChI is InChI=1S/C10H16N3O13P3/c1-12-6(11)2-3-13(10(12)16)9-8(15)7(14)5(23-9)4-22-29(21)25-27(17,18)24-28(19,20)26-29/h2-3,5,7-9,11,14-15H,4H2,1H3,(H,17,18)(H,19,20)/t5-,7?,8?,9-/m1/s1. The summed E-state index contributed by atoms with van der Waals surface area (Å²) in [7, 11) is -14.3. The number of nitrogens with one attached hydrogen (secondary N) is 1. The van der Waals surface area contributed by atoms with Gasteiger partial charge in [-0.1, -0.05) is 0 Å². The van der Waals surface area contributed by atoms with Crippen LogP contribution < -0.4 is 11.2 Å². The normalized spacial score (nSPS) is 42.8. The molecule has 29 heavy (non-hydrogen) atoms. The monoisotopic (exact) mass is 479 g/mol. The van der Waals surface area contributed by atoms with Crippen LogP contribution in [0.4, 0.5) is 0 Å². The second-order valence-electron chi connectivity index (χ2n) is 5.92. The highest BCUT2D eigenvalue weighted by molar-refractivity contribution is 7.74. The van der Waals surface area contributed by atoms with Gasteiger partial charge in [0, 0.05) is 13.2 Å². The highest BCUT2D eigenvalue weighted by Gasteiger charge is 2.55. The van der Waals surface area contributed by atoms with Crippen molar-refractivity contribution in [1.82, 2.24) is 9.13 Å². The number of ether oxygens (including phenoxy) is 1. The lowest BCUT2D eigenvalue weighted by Gasteiger charge is -2.27. The second kappa shape index (κ2) is 7.61. The number of rotatable bonds is 4. The molecule has 164 valence electrons. The molecule has 0 saturated carbocycles. The fourth-order valence-corrected chi connectivity index (χ4v) is 7.47. The molecule has 2 fully saturated rings. The van der Waals surface area contributed by atoms with Gasteiger partial charge >= 0.3 is 29.2 Å². The van der Waals surface area contributed by atoms with Gasteiger partial charge in [-0.15, -0.1) is 0 Å². The van der Waals surface area contributed by atoms with Crippen molar-refractivity contribution < 1.29 is 55.9 Å². The van der Waals surface area contributed by atoms with Crippen LogP contribution in [0.25, 0.3) is 0 Å². The van der Waals surface area contributed by atoms with E-state index in [0.717, 1.165) is 15.3 Å². The zero-order valence-electron chi connectivity index (χ0n) is 14.4. The summed E-state index contributed by atoms with van der Waals surface area (Å²) in [4.78, 5) is 30.6. The molecule has 19 heteroatoms. The molecular weight excluding hydrogens is 463 g/mol. The summed E-state index contributed by atoms with van der Waals surface area (Å²) >= 11 is 0. The molecule has 1 aromatic heterocycles. The summed E-state index contributed by atoms with van der Waals surface area (Å²) in [5, 5.41) is 27.8. The third kappa shape index (κ3) is 4.69. The summed E-state index contributed by atoms with van der Waals surface area (Å²) in [6, 6.07) is 1.23. The first kappa shape index (κ1) is 22.7. The van der Waals surface area contributed by atoms with Gasteiger partial charge in [-0.05, 0) is 6.07 Å². The van der Waals surface area contributed by atoms with Crippen LogP contribution in [0, 0.1) is 5.41 Å². The molecule has 3 heterocycles. The Morgan fingerprint density at radius 1 is 1.14 bits per heavy atom. The fraction of sp³-hybridized carbons (Fsp3) is 0.600. The van der Waals surface area contributed by atoms with Crippen LogP contribution in [0.1, 0.15) is 6.23 Å². The highest BCUT2D eigenvalue weighted by Crippen LogP contribution is 2.80. The average molecular weight is 479 g/mol. The topological polar surface area (TPSA) is 229 Å². The minimum Gasteiger partial charge on any atom is -0.387 e. The van der Waals surface area contributed by atoms with E-state index in [1.807, 2.05) is 0 Å². The maximum atomic E-state index is 12.2. The van der Waals surface area contributed by atoms with Gasteiger partial charge in [0.1, 0.15) is 23.8 Å². The molecule has 3 rings (SSSR count). The van der Waals surface area contributed by atoms with Crippen LogP contribution in [-0.2, 0) is 42.9 Å². The van der Waals surface area contributed by atoms with Gasteiger partial charge in [0.2, 0.25) is 0 Å². The number of nitrogens with zero attached hydrogens (tertiary/aromatic N) is 2. The van der Waals surface area contributed by atoms with E-state index in [4.69, 9.17) is 10.1 Å². The zero-order chi connectivity index (χ0) is 21.8. The summed E-state index contributed by atoms with van der Waals surface area (Å²) in [6.07, 6.45) is -5.10. The summed E-state index contributed by atoms with van der Waals surface area (Å²) in [5.41, 5.74) is -0.880. The van der Waals surface area contributed by atoms with E-state index in [9.17, 15) is 38.5 Å². The lowest BCUT2D eigenvalue weighted by molar-refractivity contribution is -0.0550. The summed E-state index contributed by atoms with van der Waals surface area (Å²) in [6.45, 7) is -0.899. The molecule has 2 aliphatic rings. The van der Waals surface area contributed by atoms with Crippen molar-refractivity contribution in [2.24, 2.45) is 7.05 Å². The molecule has 2 saturated heterocycles. The van der Waals surface area contributed by atoms with Crippen molar-refractivity contribution >= 4 is 23.5 Å². The van der Waals surface area contributed by atoms with Gasteiger partial charge in [0.15, 0.2) is 6.23 Å². The highest BCUT2D eigenvalue weighted by atomic mass is 31.3. The Bertz CT molecular complexity index is 1040. The minimum atomic E-state index is -5.24. The molecule has 0 spiro atoms. The zero-order valence-corrected chi connectivity index (χ0v) is 17.1. The Hall–Kier alpha value is -0.990. The predicted molar refractivity (Wildman–Crippen MR) is 87.9 cm³/mol. The van der Waals surface area contributed by atoms with Crippen LogP contribution in [0.2, 0.25) is 0 Å². The van der Waals surface area contributed by atoms with E-state index in [2.05, 4.69) is 17.5 Å². The van der Waals surface area contributed by atoms with E-state index in [-0.39, 0.29) is 5.49 Å². The Balaban J connectivity index is 1.76. The van der Waals surface area contributed by atoms with Crippen molar-refractivity contribution in [2.75, 3.05) is 6.61 Å². The molecule has 0 bridgehead atoms. The Morgan fingerprint density at radius 2 is 1.72 bits per heavy atom. The van der Waals surface area contributed by atoms with Crippen LogP contribution in [0.3, 0.4) is 0 Å². The molecule has 0 radical (unpaired) electrons. The van der Waals surface area contributed by atoms with E-state index in [1.165, 1.54) is 13.1 Å². The average Bonchev–Trinajstić information content (AvgIpc) is 2.83. The van der Waals surface area contributed by atoms with Crippen LogP contribution in [-0.4, -0.2) is 54.1 Å². The molecule has 16 nitrogen and oxygen atoms in total. The van der Waals surface area contributed by atoms with Crippen molar-refractivity contribution in [1.29, 1.82) is 5.41 Å². The first-order valence-corrected chi connectivity index (χ1v) is 12.1. The number of phosphoric acid groups is 3. The number of aromatic nitrogens is 2. The number of aliphatic hydroxyl groups excluding tert-OH is 2. The van der Waals surface area contributed by atoms with Gasteiger partial charge in [0.25, 0.3) is 0 Å². The quantitative estimate of drug-likeness (QED) is 0.316. The van der Waals surface area contributed by atoms with Crippen molar-refractivity contribution in [3.8, 4) is 0 Å². The Labute approximate surface area is 161 Å². The van der Waals surface area contributed by atoms with Crippen LogP contribution in [0.5, 0.6) is 0 Å². The minimum absolute atomic E-state index is 0.132. The van der Waals surface area contributed by atoms with E-state index < -0.39 is 60.3 Å². The van der Waals surface area contributed by atoms with Crippen LogP contribution in [0.15, 0.2) is 17.1 Å². The molecule has 2 aliphatic heterocycles. The van der Waals surface area contributed by atoms with Gasteiger partial charge in [-0.2, -0.15) is 12.9 Å². The van der Waals surface area contributed by atoms with Crippen molar-refractivity contribution in [3.63, 3.8) is 0 Å². The molecule has 4 unspecified atom stereocenters. The molecule has 1 aromatic rings. The molecule has 0 amide bonds. The maximum Gasteiger partial charge on any atom is 0.492 e. The van der Waals surface area contributed by atoms with E-state index >= 15 is 0 Å². The maximum absolute atomic E-state index is 12.2. The fourth-order valence-electron chi connectivity index (χ4n) is 2.53. The van der Waals surface area contributed by atoms with E-state index in [0.29, 0.717) is 0 Å².